The summed E-state index contributed by atoms with van der Waals surface area (Å²) < 4.78 is 29.1. The summed E-state index contributed by atoms with van der Waals surface area (Å²) >= 11 is 0. The molecule has 2 unspecified atom stereocenters. The number of nitrogens with zero attached hydrogens (tertiary/aromatic N) is 4. The zero-order valence-corrected chi connectivity index (χ0v) is 18.9. The van der Waals surface area contributed by atoms with E-state index in [9.17, 15) is 18.4 Å². The molecule has 0 saturated carbocycles. The summed E-state index contributed by atoms with van der Waals surface area (Å²) in [6.45, 7) is 6.53. The molecule has 1 N–H and O–H groups in total. The molecule has 1 aliphatic heterocycles. The first-order chi connectivity index (χ1) is 15.7. The van der Waals surface area contributed by atoms with Crippen LogP contribution < -0.4 is 5.32 Å². The number of rotatable bonds is 5. The minimum Gasteiger partial charge on any atom is -0.340 e. The third-order valence-electron chi connectivity index (χ3n) is 6.07. The molecule has 1 saturated heterocycles. The van der Waals surface area contributed by atoms with E-state index in [2.05, 4.69) is 15.3 Å². The van der Waals surface area contributed by atoms with Crippen molar-refractivity contribution in [3.63, 3.8) is 0 Å². The van der Waals surface area contributed by atoms with Gasteiger partial charge in [-0.3, -0.25) is 9.59 Å². The lowest BCUT2D eigenvalue weighted by atomic mass is 9.94. The van der Waals surface area contributed by atoms with Crippen molar-refractivity contribution >= 4 is 28.7 Å². The quantitative estimate of drug-likeness (QED) is 0.628. The Hall–Kier alpha value is -3.36. The van der Waals surface area contributed by atoms with Crippen LogP contribution in [-0.2, 0) is 9.59 Å². The number of pyridine rings is 1. The smallest absolute Gasteiger partial charge is 0.245 e. The lowest BCUT2D eigenvalue weighted by Gasteiger charge is -2.35. The van der Waals surface area contributed by atoms with Crippen LogP contribution in [0, 0.1) is 30.4 Å². The van der Waals surface area contributed by atoms with E-state index in [0.717, 1.165) is 17.7 Å². The van der Waals surface area contributed by atoms with E-state index >= 15 is 0 Å². The van der Waals surface area contributed by atoms with Gasteiger partial charge in [0.15, 0.2) is 11.6 Å². The first kappa shape index (κ1) is 22.8. The monoisotopic (exact) mass is 455 g/mol. The van der Waals surface area contributed by atoms with Gasteiger partial charge in [0.25, 0.3) is 0 Å². The molecule has 0 radical (unpaired) electrons. The lowest BCUT2D eigenvalue weighted by molar-refractivity contribution is -0.139. The number of hydrogen-bond acceptors (Lipinski definition) is 4. The van der Waals surface area contributed by atoms with Gasteiger partial charge < -0.3 is 14.8 Å². The second-order valence-corrected chi connectivity index (χ2v) is 8.93. The summed E-state index contributed by atoms with van der Waals surface area (Å²) in [5.41, 5.74) is 1.64. The highest BCUT2D eigenvalue weighted by Crippen LogP contribution is 2.29. The zero-order chi connectivity index (χ0) is 23.7. The molecule has 1 aromatic carbocycles. The Morgan fingerprint density at radius 1 is 1.15 bits per heavy atom. The van der Waals surface area contributed by atoms with E-state index < -0.39 is 17.7 Å². The van der Waals surface area contributed by atoms with E-state index in [0.29, 0.717) is 30.7 Å². The number of benzene rings is 1. The predicted molar refractivity (Wildman–Crippen MR) is 120 cm³/mol. The second-order valence-electron chi connectivity index (χ2n) is 8.93. The van der Waals surface area contributed by atoms with Gasteiger partial charge in [-0.15, -0.1) is 0 Å². The number of carbonyl (C=O) groups excluding carboxylic acids is 2. The Kier molecular flexibility index (Phi) is 6.40. The van der Waals surface area contributed by atoms with Crippen LogP contribution in [0.5, 0.6) is 0 Å². The van der Waals surface area contributed by atoms with E-state index in [1.807, 2.05) is 26.8 Å². The Bertz CT molecular complexity index is 1180. The molecule has 1 fully saturated rings. The van der Waals surface area contributed by atoms with E-state index in [4.69, 9.17) is 0 Å². The number of aromatic nitrogens is 3. The van der Waals surface area contributed by atoms with Gasteiger partial charge in [-0.25, -0.2) is 18.7 Å². The third-order valence-corrected chi connectivity index (χ3v) is 6.07. The highest BCUT2D eigenvalue weighted by molar-refractivity contribution is 5.92. The van der Waals surface area contributed by atoms with Crippen molar-refractivity contribution in [2.24, 2.45) is 11.8 Å². The van der Waals surface area contributed by atoms with Crippen LogP contribution in [0.15, 0.2) is 36.8 Å². The number of nitrogens with one attached hydrogen (secondary N) is 1. The molecule has 0 bridgehead atoms. The molecule has 0 aliphatic carbocycles. The number of imidazole rings is 1. The number of likely N-dealkylation sites (tertiary alicyclic amines) is 1. The Morgan fingerprint density at radius 3 is 2.61 bits per heavy atom. The van der Waals surface area contributed by atoms with Crippen molar-refractivity contribution < 1.29 is 18.4 Å². The molecule has 2 atom stereocenters. The molecule has 2 aromatic heterocycles. The van der Waals surface area contributed by atoms with Crippen molar-refractivity contribution in [2.45, 2.75) is 39.7 Å². The molecular weight excluding hydrogens is 428 g/mol. The summed E-state index contributed by atoms with van der Waals surface area (Å²) in [5.74, 6) is -2.31. The van der Waals surface area contributed by atoms with Crippen LogP contribution in [0.3, 0.4) is 0 Å². The number of aryl methyl sites for hydroxylation is 1. The van der Waals surface area contributed by atoms with Gasteiger partial charge in [-0.1, -0.05) is 19.9 Å². The molecule has 7 nitrogen and oxygen atoms in total. The van der Waals surface area contributed by atoms with Crippen LogP contribution >= 0.6 is 0 Å². The molecule has 1 aliphatic rings. The van der Waals surface area contributed by atoms with E-state index in [1.165, 1.54) is 6.33 Å². The number of carbonyl (C=O) groups is 2. The number of amides is 2. The predicted octanol–water partition coefficient (Wildman–Crippen LogP) is 4.09. The lowest BCUT2D eigenvalue weighted by Crippen LogP contribution is -2.47. The first-order valence-electron chi connectivity index (χ1n) is 11.1. The molecular formula is C24H27F2N5O2. The topological polar surface area (TPSA) is 80.1 Å². The Balaban J connectivity index is 1.53. The molecule has 9 heteroatoms. The van der Waals surface area contributed by atoms with Crippen LogP contribution in [0.2, 0.25) is 0 Å². The summed E-state index contributed by atoms with van der Waals surface area (Å²) in [4.78, 5) is 36.4. The average Bonchev–Trinajstić information content (AvgIpc) is 3.17. The van der Waals surface area contributed by atoms with Crippen LogP contribution in [0.4, 0.5) is 14.6 Å². The molecule has 3 aromatic rings. The SMILES string of the molecule is Cc1ccc(NC(=O)C2CCCN(C(=O)C(C(C)C)n3cnc4cc(F)c(F)cc43)C2)nc1. The normalized spacial score (nSPS) is 17.4. The number of anilines is 1. The Labute approximate surface area is 190 Å². The van der Waals surface area contributed by atoms with Crippen molar-refractivity contribution in [2.75, 3.05) is 18.4 Å². The maximum absolute atomic E-state index is 13.9. The van der Waals surface area contributed by atoms with Gasteiger partial charge in [0.1, 0.15) is 11.9 Å². The molecule has 0 spiro atoms. The van der Waals surface area contributed by atoms with Crippen molar-refractivity contribution in [3.8, 4) is 0 Å². The summed E-state index contributed by atoms with van der Waals surface area (Å²) in [7, 11) is 0. The number of fused-ring (bicyclic) bond motifs is 1. The van der Waals surface area contributed by atoms with Gasteiger partial charge in [-0.05, 0) is 37.3 Å². The number of piperidine rings is 1. The minimum atomic E-state index is -0.987. The van der Waals surface area contributed by atoms with E-state index in [1.54, 1.807) is 21.7 Å². The van der Waals surface area contributed by atoms with Crippen molar-refractivity contribution in [3.05, 3.63) is 54.0 Å². The van der Waals surface area contributed by atoms with Crippen LogP contribution in [0.1, 0.15) is 38.3 Å². The molecule has 2 amide bonds. The highest BCUT2D eigenvalue weighted by atomic mass is 19.2. The maximum atomic E-state index is 13.9. The molecule has 3 heterocycles. The van der Waals surface area contributed by atoms with Gasteiger partial charge in [0, 0.05) is 31.4 Å². The molecule has 174 valence electrons. The Morgan fingerprint density at radius 2 is 1.91 bits per heavy atom. The van der Waals surface area contributed by atoms with Gasteiger partial charge in [0.2, 0.25) is 11.8 Å². The maximum Gasteiger partial charge on any atom is 0.245 e. The summed E-state index contributed by atoms with van der Waals surface area (Å²) in [6, 6.07) is 5.07. The van der Waals surface area contributed by atoms with Gasteiger partial charge in [-0.2, -0.15) is 0 Å². The molecule has 33 heavy (non-hydrogen) atoms. The van der Waals surface area contributed by atoms with Crippen LogP contribution in [-0.4, -0.2) is 44.3 Å². The largest absolute Gasteiger partial charge is 0.340 e. The van der Waals surface area contributed by atoms with Gasteiger partial charge in [0.05, 0.1) is 23.3 Å². The van der Waals surface area contributed by atoms with Gasteiger partial charge >= 0.3 is 0 Å². The number of halogens is 2. The highest BCUT2D eigenvalue weighted by Gasteiger charge is 2.34. The fraction of sp³-hybridized carbons (Fsp3) is 0.417. The summed E-state index contributed by atoms with van der Waals surface area (Å²) in [6.07, 6.45) is 4.50. The fourth-order valence-corrected chi connectivity index (χ4v) is 4.32. The van der Waals surface area contributed by atoms with E-state index in [-0.39, 0.29) is 35.7 Å². The average molecular weight is 456 g/mol. The summed E-state index contributed by atoms with van der Waals surface area (Å²) in [5, 5.41) is 2.83. The fourth-order valence-electron chi connectivity index (χ4n) is 4.32. The third kappa shape index (κ3) is 4.72. The number of hydrogen-bond donors (Lipinski definition) is 1. The first-order valence-corrected chi connectivity index (χ1v) is 11.1. The standard InChI is InChI=1S/C24H27F2N5O2/c1-14(2)22(31-13-28-19-9-17(25)18(26)10-20(19)31)24(33)30-8-4-5-16(12-30)23(32)29-21-7-6-15(3)11-27-21/h6-7,9-11,13-14,16,22H,4-5,8,12H2,1-3H3,(H,27,29,32). The van der Waals surface area contributed by atoms with Crippen LogP contribution in [0.25, 0.3) is 11.0 Å². The van der Waals surface area contributed by atoms with Crippen molar-refractivity contribution in [1.82, 2.24) is 19.4 Å². The minimum absolute atomic E-state index is 0.131. The van der Waals surface area contributed by atoms with Crippen molar-refractivity contribution in [1.29, 1.82) is 0 Å². The molecule has 4 rings (SSSR count). The second kappa shape index (κ2) is 9.25. The zero-order valence-electron chi connectivity index (χ0n) is 18.9.